The fourth-order valence-electron chi connectivity index (χ4n) is 2.99. The van der Waals surface area contributed by atoms with Gasteiger partial charge in [0.1, 0.15) is 5.82 Å². The van der Waals surface area contributed by atoms with Crippen LogP contribution in [0.1, 0.15) is 25.0 Å². The van der Waals surface area contributed by atoms with Gasteiger partial charge >= 0.3 is 6.01 Å². The average Bonchev–Trinajstić information content (AvgIpc) is 2.75. The fourth-order valence-corrected chi connectivity index (χ4v) is 3.60. The van der Waals surface area contributed by atoms with Crippen molar-refractivity contribution in [1.82, 2.24) is 9.97 Å². The van der Waals surface area contributed by atoms with E-state index in [1.165, 1.54) is 7.11 Å². The molecule has 0 bridgehead atoms. The number of carbonyl (C=O) groups excluding carboxylic acids is 1. The summed E-state index contributed by atoms with van der Waals surface area (Å²) >= 11 is 18.0. The highest BCUT2D eigenvalue weighted by Gasteiger charge is 2.28. The summed E-state index contributed by atoms with van der Waals surface area (Å²) in [7, 11) is 1.52. The van der Waals surface area contributed by atoms with Gasteiger partial charge in [-0.3, -0.25) is 4.79 Å². The Kier molecular flexibility index (Phi) is 7.42. The van der Waals surface area contributed by atoms with E-state index in [-0.39, 0.29) is 6.01 Å². The normalized spacial score (nSPS) is 11.3. The first-order chi connectivity index (χ1) is 14.7. The molecule has 3 aromatic rings. The summed E-state index contributed by atoms with van der Waals surface area (Å²) in [4.78, 5) is 20.7. The van der Waals surface area contributed by atoms with Crippen molar-refractivity contribution in [2.24, 2.45) is 0 Å². The summed E-state index contributed by atoms with van der Waals surface area (Å²) in [5.41, 5.74) is 2.47. The molecular formula is C23H22Cl3N3O2. The van der Waals surface area contributed by atoms with Gasteiger partial charge in [0.15, 0.2) is 0 Å². The molecule has 162 valence electrons. The Labute approximate surface area is 196 Å². The van der Waals surface area contributed by atoms with E-state index in [1.807, 2.05) is 42.5 Å². The third-order valence-electron chi connectivity index (χ3n) is 4.98. The van der Waals surface area contributed by atoms with Gasteiger partial charge < -0.3 is 10.1 Å². The molecule has 0 unspecified atom stereocenters. The van der Waals surface area contributed by atoms with Crippen molar-refractivity contribution >= 4 is 45.9 Å². The fraction of sp³-hybridized carbons (Fsp3) is 0.261. The molecule has 8 heteroatoms. The molecule has 0 fully saturated rings. The van der Waals surface area contributed by atoms with Gasteiger partial charge in [-0.2, -0.15) is 9.97 Å². The van der Waals surface area contributed by atoms with Gasteiger partial charge in [0, 0.05) is 28.2 Å². The number of methoxy groups -OCH3 is 1. The van der Waals surface area contributed by atoms with Crippen molar-refractivity contribution in [2.45, 2.75) is 25.7 Å². The van der Waals surface area contributed by atoms with E-state index < -0.39 is 10.7 Å². The second-order valence-electron chi connectivity index (χ2n) is 7.52. The van der Waals surface area contributed by atoms with Crippen molar-refractivity contribution in [1.29, 1.82) is 0 Å². The summed E-state index contributed by atoms with van der Waals surface area (Å²) in [6.45, 7) is 4.18. The highest BCUT2D eigenvalue weighted by atomic mass is 35.5. The standard InChI is InChI=1S/C23H22Cl3N3O2/c1-23(2,21(26)30)16-6-4-5-15(11-16)19-13-20(29-22(28-19)31-3)27-10-9-14-7-8-17(24)12-18(14)25/h4-8,11-13H,9-10H2,1-3H3,(H,27,28,29). The highest BCUT2D eigenvalue weighted by molar-refractivity contribution is 6.65. The first-order valence-corrected chi connectivity index (χ1v) is 10.8. The van der Waals surface area contributed by atoms with Gasteiger partial charge in [0.2, 0.25) is 5.24 Å². The third-order valence-corrected chi connectivity index (χ3v) is 6.03. The van der Waals surface area contributed by atoms with Gasteiger partial charge in [-0.25, -0.2) is 0 Å². The second kappa shape index (κ2) is 9.86. The Balaban J connectivity index is 1.83. The Morgan fingerprint density at radius 1 is 1.10 bits per heavy atom. The van der Waals surface area contributed by atoms with Crippen molar-refractivity contribution in [3.63, 3.8) is 0 Å². The van der Waals surface area contributed by atoms with Crippen LogP contribution in [0.5, 0.6) is 6.01 Å². The maximum Gasteiger partial charge on any atom is 0.318 e. The zero-order chi connectivity index (χ0) is 22.6. The summed E-state index contributed by atoms with van der Waals surface area (Å²) in [6, 6.07) is 15.1. The predicted octanol–water partition coefficient (Wildman–Crippen LogP) is 6.16. The van der Waals surface area contributed by atoms with Crippen LogP contribution in [0, 0.1) is 0 Å². The molecule has 0 saturated carbocycles. The molecule has 0 atom stereocenters. The molecule has 31 heavy (non-hydrogen) atoms. The summed E-state index contributed by atoms with van der Waals surface area (Å²) in [5, 5.41) is 4.09. The lowest BCUT2D eigenvalue weighted by molar-refractivity contribution is -0.115. The molecule has 0 spiro atoms. The van der Waals surface area contributed by atoms with Crippen LogP contribution >= 0.6 is 34.8 Å². The first-order valence-electron chi connectivity index (χ1n) is 9.62. The predicted molar refractivity (Wildman–Crippen MR) is 127 cm³/mol. The lowest BCUT2D eigenvalue weighted by Gasteiger charge is -2.21. The maximum absolute atomic E-state index is 11.8. The molecule has 0 aliphatic heterocycles. The topological polar surface area (TPSA) is 64.1 Å². The van der Waals surface area contributed by atoms with E-state index in [4.69, 9.17) is 39.5 Å². The quantitative estimate of drug-likeness (QED) is 0.393. The zero-order valence-corrected chi connectivity index (χ0v) is 19.6. The number of carbonyl (C=O) groups is 1. The molecule has 0 aliphatic carbocycles. The summed E-state index contributed by atoms with van der Waals surface area (Å²) in [5.74, 6) is 0.616. The van der Waals surface area contributed by atoms with Gasteiger partial charge in [-0.05, 0) is 61.2 Å². The highest BCUT2D eigenvalue weighted by Crippen LogP contribution is 2.30. The summed E-state index contributed by atoms with van der Waals surface area (Å²) < 4.78 is 5.28. The lowest BCUT2D eigenvalue weighted by Crippen LogP contribution is -2.24. The summed E-state index contributed by atoms with van der Waals surface area (Å²) in [6.07, 6.45) is 0.694. The van der Waals surface area contributed by atoms with E-state index in [1.54, 1.807) is 19.9 Å². The minimum atomic E-state index is -0.812. The largest absolute Gasteiger partial charge is 0.467 e. The number of hydrogen-bond donors (Lipinski definition) is 1. The SMILES string of the molecule is COc1nc(NCCc2ccc(Cl)cc2Cl)cc(-c2cccc(C(C)(C)C(=O)Cl)c2)n1. The molecule has 0 aliphatic rings. The van der Waals surface area contributed by atoms with Crippen molar-refractivity contribution in [3.05, 3.63) is 69.7 Å². The van der Waals surface area contributed by atoms with Gasteiger partial charge in [-0.15, -0.1) is 0 Å². The van der Waals surface area contributed by atoms with Crippen molar-refractivity contribution in [2.75, 3.05) is 19.0 Å². The molecule has 0 radical (unpaired) electrons. The number of hydrogen-bond acceptors (Lipinski definition) is 5. The van der Waals surface area contributed by atoms with Crippen LogP contribution < -0.4 is 10.1 Å². The molecule has 2 aromatic carbocycles. The Morgan fingerprint density at radius 3 is 2.55 bits per heavy atom. The van der Waals surface area contributed by atoms with E-state index in [0.717, 1.165) is 16.7 Å². The van der Waals surface area contributed by atoms with Gasteiger partial charge in [0.05, 0.1) is 18.2 Å². The molecule has 0 saturated heterocycles. The van der Waals surface area contributed by atoms with E-state index in [2.05, 4.69) is 15.3 Å². The first kappa shape index (κ1) is 23.3. The van der Waals surface area contributed by atoms with E-state index >= 15 is 0 Å². The average molecular weight is 479 g/mol. The molecule has 0 amide bonds. The third kappa shape index (κ3) is 5.67. The van der Waals surface area contributed by atoms with Crippen LogP contribution in [0.3, 0.4) is 0 Å². The number of halogens is 3. The zero-order valence-electron chi connectivity index (χ0n) is 17.4. The van der Waals surface area contributed by atoms with Crippen LogP contribution in [-0.4, -0.2) is 28.9 Å². The Hall–Kier alpha value is -2.34. The number of anilines is 1. The van der Waals surface area contributed by atoms with Gasteiger partial charge in [-0.1, -0.05) is 47.5 Å². The van der Waals surface area contributed by atoms with E-state index in [9.17, 15) is 4.79 Å². The van der Waals surface area contributed by atoms with Crippen LogP contribution in [0.2, 0.25) is 10.0 Å². The number of nitrogens with one attached hydrogen (secondary N) is 1. The Morgan fingerprint density at radius 2 is 1.87 bits per heavy atom. The second-order valence-corrected chi connectivity index (χ2v) is 8.70. The number of nitrogens with zero attached hydrogens (tertiary/aromatic N) is 2. The maximum atomic E-state index is 11.8. The minimum Gasteiger partial charge on any atom is -0.467 e. The monoisotopic (exact) mass is 477 g/mol. The van der Waals surface area contributed by atoms with E-state index in [0.29, 0.717) is 34.5 Å². The number of ether oxygens (including phenoxy) is 1. The number of rotatable bonds is 8. The molecular weight excluding hydrogens is 457 g/mol. The van der Waals surface area contributed by atoms with Crippen LogP contribution in [0.4, 0.5) is 5.82 Å². The Bertz CT molecular complexity index is 1100. The molecule has 1 aromatic heterocycles. The van der Waals surface area contributed by atoms with Crippen LogP contribution in [0.25, 0.3) is 11.3 Å². The van der Waals surface area contributed by atoms with Crippen LogP contribution in [0.15, 0.2) is 48.5 Å². The minimum absolute atomic E-state index is 0.239. The van der Waals surface area contributed by atoms with Crippen LogP contribution in [-0.2, 0) is 16.6 Å². The molecule has 5 nitrogen and oxygen atoms in total. The number of benzene rings is 2. The van der Waals surface area contributed by atoms with Crippen molar-refractivity contribution in [3.8, 4) is 17.3 Å². The lowest BCUT2D eigenvalue weighted by atomic mass is 9.85. The molecule has 1 N–H and O–H groups in total. The molecule has 1 heterocycles. The molecule has 3 rings (SSSR count). The smallest absolute Gasteiger partial charge is 0.318 e. The number of aromatic nitrogens is 2. The van der Waals surface area contributed by atoms with Gasteiger partial charge in [0.25, 0.3) is 0 Å². The van der Waals surface area contributed by atoms with Crippen molar-refractivity contribution < 1.29 is 9.53 Å².